The van der Waals surface area contributed by atoms with Crippen molar-refractivity contribution in [2.45, 2.75) is 50.2 Å². The van der Waals surface area contributed by atoms with E-state index in [1.165, 1.54) is 25.0 Å². The number of nitrogens with one attached hydrogen (secondary N) is 2. The zero-order chi connectivity index (χ0) is 19.5. The standard InChI is InChI=1S/C23H27FN2O2.ClH/c1-28-21-10-4-17(5-11-21)23(16-2-6-18(24)7-3-16)26-22(27)14-15-12-19-8-9-20(13-15)25-19;/h2-7,10-11,15,19-20,23,25H,8-9,12-14H2,1H3,(H,26,27);1H. The average molecular weight is 419 g/mol. The first-order chi connectivity index (χ1) is 13.6. The maximum absolute atomic E-state index is 13.4. The van der Waals surface area contributed by atoms with Crippen LogP contribution in [0.2, 0.25) is 0 Å². The van der Waals surface area contributed by atoms with Crippen molar-refractivity contribution in [1.82, 2.24) is 10.6 Å². The van der Waals surface area contributed by atoms with Gasteiger partial charge in [-0.3, -0.25) is 4.79 Å². The summed E-state index contributed by atoms with van der Waals surface area (Å²) < 4.78 is 18.6. The maximum Gasteiger partial charge on any atom is 0.221 e. The van der Waals surface area contributed by atoms with Crippen LogP contribution in [-0.2, 0) is 4.79 Å². The normalized spacial score (nSPS) is 23.7. The molecule has 2 N–H and O–H groups in total. The van der Waals surface area contributed by atoms with Crippen LogP contribution in [0.1, 0.15) is 49.3 Å². The van der Waals surface area contributed by atoms with Gasteiger partial charge in [0.2, 0.25) is 5.91 Å². The van der Waals surface area contributed by atoms with E-state index in [0.29, 0.717) is 24.4 Å². The van der Waals surface area contributed by atoms with Crippen molar-refractivity contribution in [3.63, 3.8) is 0 Å². The molecule has 0 saturated carbocycles. The van der Waals surface area contributed by atoms with Gasteiger partial charge in [0.15, 0.2) is 0 Å². The van der Waals surface area contributed by atoms with Crippen LogP contribution < -0.4 is 15.4 Å². The van der Waals surface area contributed by atoms with Crippen LogP contribution in [0, 0.1) is 11.7 Å². The van der Waals surface area contributed by atoms with Crippen LogP contribution in [0.4, 0.5) is 4.39 Å². The Kier molecular flexibility index (Phi) is 7.14. The highest BCUT2D eigenvalue weighted by atomic mass is 35.5. The summed E-state index contributed by atoms with van der Waals surface area (Å²) in [6.07, 6.45) is 5.16. The summed E-state index contributed by atoms with van der Waals surface area (Å²) in [6.45, 7) is 0. The third-order valence-electron chi connectivity index (χ3n) is 6.00. The Labute approximate surface area is 177 Å². The minimum atomic E-state index is -0.308. The monoisotopic (exact) mass is 418 g/mol. The second kappa shape index (κ2) is 9.59. The Hall–Kier alpha value is -2.11. The van der Waals surface area contributed by atoms with Gasteiger partial charge in [-0.2, -0.15) is 0 Å². The third-order valence-corrected chi connectivity index (χ3v) is 6.00. The molecule has 3 atom stereocenters. The van der Waals surface area contributed by atoms with Gasteiger partial charge in [-0.05, 0) is 67.0 Å². The Morgan fingerprint density at radius 1 is 1.07 bits per heavy atom. The number of rotatable bonds is 6. The molecule has 0 radical (unpaired) electrons. The fourth-order valence-corrected chi connectivity index (χ4v) is 4.63. The number of amides is 1. The van der Waals surface area contributed by atoms with Crippen LogP contribution in [0.5, 0.6) is 5.75 Å². The number of halogens is 2. The fraction of sp³-hybridized carbons (Fsp3) is 0.435. The first kappa shape index (κ1) is 21.6. The zero-order valence-corrected chi connectivity index (χ0v) is 17.4. The number of methoxy groups -OCH3 is 1. The van der Waals surface area contributed by atoms with Gasteiger partial charge in [0.25, 0.3) is 0 Å². The highest BCUT2D eigenvalue weighted by molar-refractivity contribution is 5.85. The summed E-state index contributed by atoms with van der Waals surface area (Å²) in [5.41, 5.74) is 1.82. The van der Waals surface area contributed by atoms with E-state index in [9.17, 15) is 9.18 Å². The van der Waals surface area contributed by atoms with Gasteiger partial charge in [0.1, 0.15) is 11.6 Å². The lowest BCUT2D eigenvalue weighted by atomic mass is 9.89. The molecule has 1 amide bonds. The lowest BCUT2D eigenvalue weighted by Crippen LogP contribution is -2.40. The van der Waals surface area contributed by atoms with Crippen molar-refractivity contribution in [3.8, 4) is 5.75 Å². The summed E-state index contributed by atoms with van der Waals surface area (Å²) in [6, 6.07) is 14.8. The number of hydrogen-bond donors (Lipinski definition) is 2. The Bertz CT molecular complexity index is 801. The van der Waals surface area contributed by atoms with Crippen molar-refractivity contribution in [2.24, 2.45) is 5.92 Å². The van der Waals surface area contributed by atoms with Gasteiger partial charge in [0, 0.05) is 18.5 Å². The maximum atomic E-state index is 13.4. The molecule has 2 aromatic rings. The number of carbonyl (C=O) groups is 1. The van der Waals surface area contributed by atoms with Crippen LogP contribution in [0.25, 0.3) is 0 Å². The summed E-state index contributed by atoms with van der Waals surface area (Å²) in [5, 5.41) is 6.80. The quantitative estimate of drug-likeness (QED) is 0.731. The minimum Gasteiger partial charge on any atom is -0.497 e. The van der Waals surface area contributed by atoms with E-state index >= 15 is 0 Å². The lowest BCUT2D eigenvalue weighted by Gasteiger charge is -2.29. The first-order valence-corrected chi connectivity index (χ1v) is 10.1. The van der Waals surface area contributed by atoms with E-state index in [2.05, 4.69) is 10.6 Å². The van der Waals surface area contributed by atoms with Crippen LogP contribution in [-0.4, -0.2) is 25.1 Å². The topological polar surface area (TPSA) is 50.4 Å². The van der Waals surface area contributed by atoms with E-state index in [1.807, 2.05) is 24.3 Å². The largest absolute Gasteiger partial charge is 0.497 e. The van der Waals surface area contributed by atoms with Gasteiger partial charge >= 0.3 is 0 Å². The molecule has 29 heavy (non-hydrogen) atoms. The van der Waals surface area contributed by atoms with E-state index in [0.717, 1.165) is 29.7 Å². The highest BCUT2D eigenvalue weighted by Gasteiger charge is 2.34. The number of piperidine rings is 1. The molecule has 0 aromatic heterocycles. The molecule has 4 rings (SSSR count). The molecule has 0 spiro atoms. The molecule has 2 aliphatic heterocycles. The van der Waals surface area contributed by atoms with Gasteiger partial charge < -0.3 is 15.4 Å². The summed E-state index contributed by atoms with van der Waals surface area (Å²) in [4.78, 5) is 12.9. The third kappa shape index (κ3) is 5.28. The molecule has 4 nitrogen and oxygen atoms in total. The first-order valence-electron chi connectivity index (χ1n) is 10.1. The molecule has 3 unspecified atom stereocenters. The predicted octanol–water partition coefficient (Wildman–Crippen LogP) is 4.38. The molecule has 2 fully saturated rings. The molecule has 2 saturated heterocycles. The number of fused-ring (bicyclic) bond motifs is 2. The lowest BCUT2D eigenvalue weighted by molar-refractivity contribution is -0.122. The van der Waals surface area contributed by atoms with Crippen molar-refractivity contribution >= 4 is 18.3 Å². The predicted molar refractivity (Wildman–Crippen MR) is 114 cm³/mol. The van der Waals surface area contributed by atoms with Crippen LogP contribution in [0.3, 0.4) is 0 Å². The molecule has 0 aliphatic carbocycles. The van der Waals surface area contributed by atoms with E-state index in [-0.39, 0.29) is 30.2 Å². The van der Waals surface area contributed by atoms with Crippen molar-refractivity contribution in [3.05, 3.63) is 65.5 Å². The number of ether oxygens (including phenoxy) is 1. The number of carbonyl (C=O) groups excluding carboxylic acids is 1. The van der Waals surface area contributed by atoms with E-state index in [4.69, 9.17) is 4.74 Å². The minimum absolute atomic E-state index is 0. The highest BCUT2D eigenvalue weighted by Crippen LogP contribution is 2.33. The van der Waals surface area contributed by atoms with Crippen molar-refractivity contribution in [2.75, 3.05) is 7.11 Å². The molecule has 2 bridgehead atoms. The smallest absolute Gasteiger partial charge is 0.221 e. The fourth-order valence-electron chi connectivity index (χ4n) is 4.63. The SMILES string of the molecule is COc1ccc(C(NC(=O)CC2CC3CCC(C2)N3)c2ccc(F)cc2)cc1.Cl. The zero-order valence-electron chi connectivity index (χ0n) is 16.6. The molecule has 2 aliphatic rings. The summed E-state index contributed by atoms with van der Waals surface area (Å²) in [5.74, 6) is 0.965. The van der Waals surface area contributed by atoms with E-state index < -0.39 is 0 Å². The summed E-state index contributed by atoms with van der Waals surface area (Å²) >= 11 is 0. The number of hydrogen-bond acceptors (Lipinski definition) is 3. The second-order valence-electron chi connectivity index (χ2n) is 8.00. The molecule has 2 heterocycles. The Balaban J connectivity index is 0.00000240. The molecular weight excluding hydrogens is 391 g/mol. The van der Waals surface area contributed by atoms with Crippen molar-refractivity contribution < 1.29 is 13.9 Å². The van der Waals surface area contributed by atoms with Gasteiger partial charge in [-0.15, -0.1) is 12.4 Å². The molecule has 156 valence electrons. The van der Waals surface area contributed by atoms with Crippen LogP contribution >= 0.6 is 12.4 Å². The van der Waals surface area contributed by atoms with Crippen molar-refractivity contribution in [1.29, 1.82) is 0 Å². The number of benzene rings is 2. The van der Waals surface area contributed by atoms with Gasteiger partial charge in [-0.25, -0.2) is 4.39 Å². The molecule has 6 heteroatoms. The van der Waals surface area contributed by atoms with Gasteiger partial charge in [0.05, 0.1) is 13.2 Å². The Morgan fingerprint density at radius 2 is 1.62 bits per heavy atom. The Morgan fingerprint density at radius 3 is 2.17 bits per heavy atom. The second-order valence-corrected chi connectivity index (χ2v) is 8.00. The van der Waals surface area contributed by atoms with Crippen LogP contribution in [0.15, 0.2) is 48.5 Å². The van der Waals surface area contributed by atoms with E-state index in [1.54, 1.807) is 19.2 Å². The molecular formula is C23H28ClFN2O2. The van der Waals surface area contributed by atoms with Gasteiger partial charge in [-0.1, -0.05) is 24.3 Å². The average Bonchev–Trinajstić information content (AvgIpc) is 3.05. The molecule has 2 aromatic carbocycles. The summed E-state index contributed by atoms with van der Waals surface area (Å²) in [7, 11) is 1.63.